The molecule has 3 heterocycles. The lowest BCUT2D eigenvalue weighted by Gasteiger charge is -2.23. The molecule has 0 saturated carbocycles. The maximum absolute atomic E-state index is 12.4. The molecule has 1 fully saturated rings. The first-order valence-electron chi connectivity index (χ1n) is 8.93. The fourth-order valence-corrected chi connectivity index (χ4v) is 3.18. The first kappa shape index (κ1) is 17.4. The minimum Gasteiger partial charge on any atom is -0.378 e. The summed E-state index contributed by atoms with van der Waals surface area (Å²) in [6.45, 7) is 2.33. The molecule has 1 aliphatic rings. The van der Waals surface area contributed by atoms with E-state index < -0.39 is 0 Å². The first-order chi connectivity index (χ1) is 13.2. The summed E-state index contributed by atoms with van der Waals surface area (Å²) < 4.78 is 8.29. The van der Waals surface area contributed by atoms with Gasteiger partial charge in [0.1, 0.15) is 0 Å². The van der Waals surface area contributed by atoms with Gasteiger partial charge in [0.25, 0.3) is 0 Å². The zero-order chi connectivity index (χ0) is 18.6. The van der Waals surface area contributed by atoms with Crippen molar-refractivity contribution in [3.8, 4) is 0 Å². The minimum atomic E-state index is -0.191. The Bertz CT molecular complexity index is 1000. The molecule has 3 aromatic rings. The highest BCUT2D eigenvalue weighted by Crippen LogP contribution is 2.12. The maximum Gasteiger partial charge on any atom is 0.350 e. The standard InChI is InChI=1S/C19H21N5O3/c25-18(11-16-13-27-9-7-20-16)21-15-5-3-4-14(10-15)12-24-19(26)23-8-2-1-6-17(23)22-24/h1-6,8,10,16,20H,7,9,11-13H2,(H,21,25). The smallest absolute Gasteiger partial charge is 0.350 e. The monoisotopic (exact) mass is 367 g/mol. The summed E-state index contributed by atoms with van der Waals surface area (Å²) in [6.07, 6.45) is 2.05. The van der Waals surface area contributed by atoms with Crippen LogP contribution in [0.4, 0.5) is 5.69 Å². The van der Waals surface area contributed by atoms with Crippen LogP contribution in [0.3, 0.4) is 0 Å². The summed E-state index contributed by atoms with van der Waals surface area (Å²) in [5.74, 6) is -0.0694. The Morgan fingerprint density at radius 1 is 1.30 bits per heavy atom. The van der Waals surface area contributed by atoms with Crippen molar-refractivity contribution in [1.29, 1.82) is 0 Å². The largest absolute Gasteiger partial charge is 0.378 e. The number of rotatable bonds is 5. The Hall–Kier alpha value is -2.97. The molecule has 1 aromatic carbocycles. The molecule has 2 aromatic heterocycles. The third-order valence-corrected chi connectivity index (χ3v) is 4.46. The number of pyridine rings is 1. The summed E-state index contributed by atoms with van der Waals surface area (Å²) in [4.78, 5) is 24.6. The Balaban J connectivity index is 1.44. The number of morpholine rings is 1. The quantitative estimate of drug-likeness (QED) is 0.698. The van der Waals surface area contributed by atoms with Crippen molar-refractivity contribution < 1.29 is 9.53 Å². The number of hydrogen-bond donors (Lipinski definition) is 2. The molecule has 1 atom stereocenters. The van der Waals surface area contributed by atoms with Crippen LogP contribution in [0, 0.1) is 0 Å². The average Bonchev–Trinajstić information content (AvgIpc) is 2.99. The molecule has 8 heteroatoms. The van der Waals surface area contributed by atoms with Gasteiger partial charge >= 0.3 is 5.69 Å². The number of nitrogens with one attached hydrogen (secondary N) is 2. The molecule has 8 nitrogen and oxygen atoms in total. The van der Waals surface area contributed by atoms with E-state index in [0.717, 1.165) is 12.1 Å². The van der Waals surface area contributed by atoms with Crippen LogP contribution in [0.25, 0.3) is 5.65 Å². The van der Waals surface area contributed by atoms with Gasteiger partial charge in [-0.25, -0.2) is 9.48 Å². The van der Waals surface area contributed by atoms with Gasteiger partial charge in [0.05, 0.1) is 19.8 Å². The van der Waals surface area contributed by atoms with Crippen molar-refractivity contribution in [2.24, 2.45) is 0 Å². The van der Waals surface area contributed by atoms with Crippen LogP contribution in [0.2, 0.25) is 0 Å². The van der Waals surface area contributed by atoms with Crippen LogP contribution in [-0.4, -0.2) is 45.9 Å². The van der Waals surface area contributed by atoms with E-state index in [9.17, 15) is 9.59 Å². The molecule has 27 heavy (non-hydrogen) atoms. The summed E-state index contributed by atoms with van der Waals surface area (Å²) in [6, 6.07) is 12.9. The van der Waals surface area contributed by atoms with Crippen LogP contribution in [0.15, 0.2) is 53.5 Å². The maximum atomic E-state index is 12.4. The lowest BCUT2D eigenvalue weighted by Crippen LogP contribution is -2.43. The van der Waals surface area contributed by atoms with Gasteiger partial charge in [-0.2, -0.15) is 0 Å². The van der Waals surface area contributed by atoms with E-state index in [-0.39, 0.29) is 17.6 Å². The number of benzene rings is 1. The van der Waals surface area contributed by atoms with Gasteiger partial charge in [0.15, 0.2) is 5.65 Å². The summed E-state index contributed by atoms with van der Waals surface area (Å²) in [5.41, 5.74) is 2.00. The molecule has 0 aliphatic carbocycles. The minimum absolute atomic E-state index is 0.0403. The van der Waals surface area contributed by atoms with Crippen molar-refractivity contribution in [2.75, 3.05) is 25.1 Å². The molecule has 0 bridgehead atoms. The van der Waals surface area contributed by atoms with Gasteiger partial charge in [-0.05, 0) is 29.8 Å². The normalized spacial score (nSPS) is 17.1. The van der Waals surface area contributed by atoms with E-state index in [4.69, 9.17) is 4.74 Å². The number of fused-ring (bicyclic) bond motifs is 1. The Morgan fingerprint density at radius 3 is 3.04 bits per heavy atom. The van der Waals surface area contributed by atoms with Gasteiger partial charge in [-0.3, -0.25) is 9.20 Å². The van der Waals surface area contributed by atoms with E-state index in [2.05, 4.69) is 15.7 Å². The number of carbonyl (C=O) groups is 1. The zero-order valence-corrected chi connectivity index (χ0v) is 14.8. The Morgan fingerprint density at radius 2 is 2.22 bits per heavy atom. The summed E-state index contributed by atoms with van der Waals surface area (Å²) >= 11 is 0. The first-order valence-corrected chi connectivity index (χ1v) is 8.93. The predicted octanol–water partition coefficient (Wildman–Crippen LogP) is 0.861. The number of amides is 1. The van der Waals surface area contributed by atoms with Crippen molar-refractivity contribution >= 4 is 17.2 Å². The molecule has 2 N–H and O–H groups in total. The third kappa shape index (κ3) is 4.07. The molecule has 0 radical (unpaired) electrons. The Labute approximate surface area is 155 Å². The highest BCUT2D eigenvalue weighted by atomic mass is 16.5. The number of nitrogens with zero attached hydrogens (tertiary/aromatic N) is 3. The van der Waals surface area contributed by atoms with E-state index >= 15 is 0 Å². The second-order valence-corrected chi connectivity index (χ2v) is 6.55. The highest BCUT2D eigenvalue weighted by Gasteiger charge is 2.17. The molecule has 1 amide bonds. The van der Waals surface area contributed by atoms with E-state index in [1.54, 1.807) is 18.3 Å². The lowest BCUT2D eigenvalue weighted by molar-refractivity contribution is -0.117. The molecule has 1 aliphatic heterocycles. The van der Waals surface area contributed by atoms with Crippen molar-refractivity contribution in [3.63, 3.8) is 0 Å². The summed E-state index contributed by atoms with van der Waals surface area (Å²) in [7, 11) is 0. The molecule has 0 spiro atoms. The van der Waals surface area contributed by atoms with Crippen LogP contribution >= 0.6 is 0 Å². The fraction of sp³-hybridized carbons (Fsp3) is 0.316. The topological polar surface area (TPSA) is 89.7 Å². The lowest BCUT2D eigenvalue weighted by atomic mass is 10.1. The van der Waals surface area contributed by atoms with Gasteiger partial charge < -0.3 is 15.4 Å². The SMILES string of the molecule is O=C(CC1COCCN1)Nc1cccc(Cn2nc3ccccn3c2=O)c1. The van der Waals surface area contributed by atoms with Crippen LogP contribution in [-0.2, 0) is 16.1 Å². The molecular weight excluding hydrogens is 346 g/mol. The van der Waals surface area contributed by atoms with Crippen molar-refractivity contribution in [1.82, 2.24) is 19.5 Å². The van der Waals surface area contributed by atoms with Crippen molar-refractivity contribution in [3.05, 3.63) is 64.7 Å². The molecule has 4 rings (SSSR count). The van der Waals surface area contributed by atoms with Gasteiger partial charge in [-0.15, -0.1) is 5.10 Å². The zero-order valence-electron chi connectivity index (χ0n) is 14.8. The van der Waals surface area contributed by atoms with Gasteiger partial charge in [0.2, 0.25) is 5.91 Å². The molecule has 1 saturated heterocycles. The average molecular weight is 367 g/mol. The third-order valence-electron chi connectivity index (χ3n) is 4.46. The van der Waals surface area contributed by atoms with E-state index in [1.807, 2.05) is 30.3 Å². The van der Waals surface area contributed by atoms with E-state index in [0.29, 0.717) is 37.5 Å². The number of carbonyl (C=O) groups excluding carboxylic acids is 1. The number of anilines is 1. The second-order valence-electron chi connectivity index (χ2n) is 6.55. The predicted molar refractivity (Wildman–Crippen MR) is 101 cm³/mol. The fourth-order valence-electron chi connectivity index (χ4n) is 3.18. The van der Waals surface area contributed by atoms with Crippen LogP contribution < -0.4 is 16.3 Å². The summed E-state index contributed by atoms with van der Waals surface area (Å²) in [5, 5.41) is 10.5. The number of aromatic nitrogens is 3. The molecule has 140 valence electrons. The highest BCUT2D eigenvalue weighted by molar-refractivity contribution is 5.91. The van der Waals surface area contributed by atoms with Gasteiger partial charge in [0, 0.05) is 30.9 Å². The molecular formula is C19H21N5O3. The van der Waals surface area contributed by atoms with E-state index in [1.165, 1.54) is 9.08 Å². The van der Waals surface area contributed by atoms with Gasteiger partial charge in [-0.1, -0.05) is 18.2 Å². The molecule has 1 unspecified atom stereocenters. The number of hydrogen-bond acceptors (Lipinski definition) is 5. The number of ether oxygens (including phenoxy) is 1. The second kappa shape index (κ2) is 7.73. The van der Waals surface area contributed by atoms with Crippen molar-refractivity contribution in [2.45, 2.75) is 19.0 Å². The Kier molecular flexibility index (Phi) is 4.99. The van der Waals surface area contributed by atoms with Crippen LogP contribution in [0.1, 0.15) is 12.0 Å². The van der Waals surface area contributed by atoms with Crippen LogP contribution in [0.5, 0.6) is 0 Å².